The molecular formula is C16H23F2N3O2. The minimum absolute atomic E-state index is 0.0826. The van der Waals surface area contributed by atoms with E-state index in [1.165, 1.54) is 18.3 Å². The number of alkyl halides is 2. The second kappa shape index (κ2) is 6.88. The van der Waals surface area contributed by atoms with Gasteiger partial charge in [0, 0.05) is 44.8 Å². The van der Waals surface area contributed by atoms with E-state index in [0.717, 1.165) is 6.92 Å². The smallest absolute Gasteiger partial charge is 0.286 e. The van der Waals surface area contributed by atoms with Gasteiger partial charge in [-0.05, 0) is 26.0 Å². The number of pyridine rings is 1. The molecule has 0 radical (unpaired) electrons. The molecule has 1 amide bonds. The number of aliphatic hydroxyl groups is 1. The molecule has 2 rings (SSSR count). The topological polar surface area (TPSA) is 56.7 Å². The summed E-state index contributed by atoms with van der Waals surface area (Å²) in [5.41, 5.74) is -0.0310. The molecule has 0 aliphatic carbocycles. The molecule has 5 nitrogen and oxygen atoms in total. The molecule has 1 aromatic heterocycles. The van der Waals surface area contributed by atoms with Crippen LogP contribution in [0.2, 0.25) is 0 Å². The fourth-order valence-electron chi connectivity index (χ4n) is 3.04. The van der Waals surface area contributed by atoms with Crippen LogP contribution in [-0.2, 0) is 5.92 Å². The Bertz CT molecular complexity index is 533. The van der Waals surface area contributed by atoms with Crippen molar-refractivity contribution < 1.29 is 18.7 Å². The Morgan fingerprint density at radius 2 is 1.96 bits per heavy atom. The number of carbonyl (C=O) groups is 1. The third-order valence-corrected chi connectivity index (χ3v) is 4.21. The van der Waals surface area contributed by atoms with Gasteiger partial charge in [-0.3, -0.25) is 14.7 Å². The minimum atomic E-state index is -3.01. The van der Waals surface area contributed by atoms with Gasteiger partial charge in [-0.15, -0.1) is 0 Å². The molecule has 128 valence electrons. The van der Waals surface area contributed by atoms with Gasteiger partial charge in [-0.2, -0.15) is 8.78 Å². The van der Waals surface area contributed by atoms with Gasteiger partial charge in [0.2, 0.25) is 0 Å². The largest absolute Gasteiger partial charge is 0.395 e. The highest BCUT2D eigenvalue weighted by Gasteiger charge is 2.32. The van der Waals surface area contributed by atoms with E-state index in [4.69, 9.17) is 5.11 Å². The summed E-state index contributed by atoms with van der Waals surface area (Å²) in [5.74, 6) is -3.22. The summed E-state index contributed by atoms with van der Waals surface area (Å²) in [5, 5.41) is 9.11. The molecule has 1 saturated heterocycles. The lowest BCUT2D eigenvalue weighted by molar-refractivity contribution is 0.0125. The maximum absolute atomic E-state index is 13.2. The lowest BCUT2D eigenvalue weighted by Gasteiger charge is -2.44. The quantitative estimate of drug-likeness (QED) is 0.915. The van der Waals surface area contributed by atoms with E-state index in [1.54, 1.807) is 4.90 Å². The lowest BCUT2D eigenvalue weighted by Crippen LogP contribution is -2.58. The highest BCUT2D eigenvalue weighted by atomic mass is 19.3. The summed E-state index contributed by atoms with van der Waals surface area (Å²) in [7, 11) is 0. The highest BCUT2D eigenvalue weighted by Crippen LogP contribution is 2.25. The van der Waals surface area contributed by atoms with Gasteiger partial charge in [0.25, 0.3) is 11.8 Å². The number of hydrogen-bond acceptors (Lipinski definition) is 4. The monoisotopic (exact) mass is 327 g/mol. The maximum Gasteiger partial charge on any atom is 0.286 e. The number of β-amino-alcohol motifs (C(OH)–C–C–N with tert-alkyl or cyclic N) is 1. The Morgan fingerprint density at radius 3 is 2.39 bits per heavy atom. The third-order valence-electron chi connectivity index (χ3n) is 4.21. The van der Waals surface area contributed by atoms with Gasteiger partial charge in [0.05, 0.1) is 12.2 Å². The standard InChI is InChI=1S/C16H23F2N3O2/c1-11-9-20(10-12(2)21(11)6-7-22)15(23)13-4-5-14(19-8-13)16(3,17)18/h4-5,8,11-12,22H,6-7,9-10H2,1-3H3/t11-,12+. The van der Waals surface area contributed by atoms with Gasteiger partial charge in [-0.25, -0.2) is 0 Å². The average molecular weight is 327 g/mol. The third kappa shape index (κ3) is 4.03. The van der Waals surface area contributed by atoms with Crippen molar-refractivity contribution >= 4 is 5.91 Å². The van der Waals surface area contributed by atoms with Gasteiger partial charge in [0.15, 0.2) is 0 Å². The fourth-order valence-corrected chi connectivity index (χ4v) is 3.04. The first-order valence-corrected chi connectivity index (χ1v) is 7.74. The number of carbonyl (C=O) groups excluding carboxylic acids is 1. The normalized spacial score (nSPS) is 23.1. The molecule has 23 heavy (non-hydrogen) atoms. The molecule has 1 aromatic rings. The van der Waals surface area contributed by atoms with E-state index in [-0.39, 0.29) is 30.3 Å². The molecule has 0 saturated carbocycles. The van der Waals surface area contributed by atoms with Crippen molar-refractivity contribution in [2.75, 3.05) is 26.2 Å². The summed E-state index contributed by atoms with van der Waals surface area (Å²) >= 11 is 0. The van der Waals surface area contributed by atoms with Crippen molar-refractivity contribution in [1.82, 2.24) is 14.8 Å². The van der Waals surface area contributed by atoms with Crippen molar-refractivity contribution in [1.29, 1.82) is 0 Å². The lowest BCUT2D eigenvalue weighted by atomic mass is 10.1. The number of aliphatic hydroxyl groups excluding tert-OH is 1. The van der Waals surface area contributed by atoms with Crippen LogP contribution in [0, 0.1) is 0 Å². The summed E-state index contributed by atoms with van der Waals surface area (Å²) in [6.07, 6.45) is 1.21. The van der Waals surface area contributed by atoms with Gasteiger partial charge in [0.1, 0.15) is 5.69 Å². The Kier molecular flexibility index (Phi) is 5.31. The molecule has 1 aliphatic heterocycles. The van der Waals surface area contributed by atoms with E-state index in [9.17, 15) is 13.6 Å². The van der Waals surface area contributed by atoms with Crippen LogP contribution < -0.4 is 0 Å². The van der Waals surface area contributed by atoms with Crippen LogP contribution in [0.25, 0.3) is 0 Å². The van der Waals surface area contributed by atoms with Crippen LogP contribution in [0.15, 0.2) is 18.3 Å². The van der Waals surface area contributed by atoms with Crippen LogP contribution in [0.3, 0.4) is 0 Å². The van der Waals surface area contributed by atoms with Crippen LogP contribution in [-0.4, -0.2) is 64.1 Å². The first-order chi connectivity index (χ1) is 10.7. The highest BCUT2D eigenvalue weighted by molar-refractivity contribution is 5.94. The summed E-state index contributed by atoms with van der Waals surface area (Å²) in [6, 6.07) is 2.85. The number of rotatable bonds is 4. The predicted octanol–water partition coefficient (Wildman–Crippen LogP) is 1.72. The average Bonchev–Trinajstić information content (AvgIpc) is 2.49. The zero-order valence-electron chi connectivity index (χ0n) is 13.7. The molecule has 2 atom stereocenters. The van der Waals surface area contributed by atoms with Crippen molar-refractivity contribution in [2.45, 2.75) is 38.8 Å². The summed E-state index contributed by atoms with van der Waals surface area (Å²) < 4.78 is 26.4. The zero-order valence-corrected chi connectivity index (χ0v) is 13.7. The number of piperazine rings is 1. The van der Waals surface area contributed by atoms with Crippen molar-refractivity contribution in [2.24, 2.45) is 0 Å². The Labute approximate surface area is 134 Å². The number of aromatic nitrogens is 1. The SMILES string of the molecule is C[C@@H]1CN(C(=O)c2ccc(C(C)(F)F)nc2)C[C@H](C)N1CCO. The maximum atomic E-state index is 13.2. The van der Waals surface area contributed by atoms with E-state index in [1.807, 2.05) is 13.8 Å². The first kappa shape index (κ1) is 17.7. The second-order valence-corrected chi connectivity index (χ2v) is 6.19. The molecule has 0 aromatic carbocycles. The van der Waals surface area contributed by atoms with Crippen molar-refractivity contribution in [3.63, 3.8) is 0 Å². The second-order valence-electron chi connectivity index (χ2n) is 6.19. The minimum Gasteiger partial charge on any atom is -0.395 e. The Hall–Kier alpha value is -1.60. The van der Waals surface area contributed by atoms with E-state index >= 15 is 0 Å². The Morgan fingerprint density at radius 1 is 1.35 bits per heavy atom. The first-order valence-electron chi connectivity index (χ1n) is 7.74. The molecular weight excluding hydrogens is 304 g/mol. The van der Waals surface area contributed by atoms with Crippen molar-refractivity contribution in [3.8, 4) is 0 Å². The van der Waals surface area contributed by atoms with Gasteiger partial charge in [-0.1, -0.05) is 0 Å². The van der Waals surface area contributed by atoms with Gasteiger partial charge < -0.3 is 10.0 Å². The van der Waals surface area contributed by atoms with Crippen LogP contribution in [0.1, 0.15) is 36.8 Å². The number of nitrogens with zero attached hydrogens (tertiary/aromatic N) is 3. The Balaban J connectivity index is 2.09. The predicted molar refractivity (Wildman–Crippen MR) is 82.4 cm³/mol. The van der Waals surface area contributed by atoms with Crippen LogP contribution in [0.4, 0.5) is 8.78 Å². The summed E-state index contributed by atoms with van der Waals surface area (Å²) in [6.45, 7) is 6.52. The number of hydrogen-bond donors (Lipinski definition) is 1. The number of amides is 1. The van der Waals surface area contributed by atoms with Crippen molar-refractivity contribution in [3.05, 3.63) is 29.6 Å². The molecule has 0 bridgehead atoms. The molecule has 1 N–H and O–H groups in total. The molecule has 7 heteroatoms. The van der Waals surface area contributed by atoms with Crippen LogP contribution >= 0.6 is 0 Å². The summed E-state index contributed by atoms with van der Waals surface area (Å²) in [4.78, 5) is 20.1. The number of halogens is 2. The van der Waals surface area contributed by atoms with E-state index < -0.39 is 5.92 Å². The fraction of sp³-hybridized carbons (Fsp3) is 0.625. The molecule has 1 aliphatic rings. The molecule has 0 unspecified atom stereocenters. The molecule has 0 spiro atoms. The van der Waals surface area contributed by atoms with E-state index in [0.29, 0.717) is 25.2 Å². The molecule has 1 fully saturated rings. The molecule has 2 heterocycles. The zero-order chi connectivity index (χ0) is 17.2. The van der Waals surface area contributed by atoms with E-state index in [2.05, 4.69) is 9.88 Å². The van der Waals surface area contributed by atoms with Gasteiger partial charge >= 0.3 is 0 Å². The van der Waals surface area contributed by atoms with Crippen LogP contribution in [0.5, 0.6) is 0 Å².